The molecule has 2 aliphatic carbocycles. The lowest BCUT2D eigenvalue weighted by Gasteiger charge is -2.18. The van der Waals surface area contributed by atoms with Crippen molar-refractivity contribution in [3.63, 3.8) is 0 Å². The van der Waals surface area contributed by atoms with Crippen LogP contribution in [0, 0.1) is 0 Å². The molecule has 0 saturated heterocycles. The van der Waals surface area contributed by atoms with E-state index in [4.69, 9.17) is 0 Å². The van der Waals surface area contributed by atoms with Crippen molar-refractivity contribution < 1.29 is 0 Å². The lowest BCUT2D eigenvalue weighted by atomic mass is 9.87. The van der Waals surface area contributed by atoms with Gasteiger partial charge in [0.15, 0.2) is 0 Å². The van der Waals surface area contributed by atoms with Gasteiger partial charge in [0.2, 0.25) is 0 Å². The quantitative estimate of drug-likeness (QED) is 0.463. The molecule has 0 spiro atoms. The molecule has 0 heterocycles. The second kappa shape index (κ2) is 7.59. The fourth-order valence-electron chi connectivity index (χ4n) is 5.26. The molecule has 0 N–H and O–H groups in total. The molecule has 3 aromatic carbocycles. The molecule has 28 heavy (non-hydrogen) atoms. The highest BCUT2D eigenvalue weighted by Crippen LogP contribution is 2.39. The summed E-state index contributed by atoms with van der Waals surface area (Å²) in [4.78, 5) is 0. The molecule has 0 nitrogen and oxygen atoms in total. The fourth-order valence-corrected chi connectivity index (χ4v) is 5.26. The molecule has 0 bridgehead atoms. The standard InChI is InChI=1S/C28H30/c1-2-3-7-20-12-15-28-26(16-20)19-25(18-24-8-4-5-11-27(24)28)23-14-13-21-9-6-10-22(21)17-23/h4-5,8,11-17,25H,2-3,6-7,9-10,18-19H2,1H3. The Hall–Kier alpha value is -2.34. The van der Waals surface area contributed by atoms with Crippen LogP contribution in [0.1, 0.15) is 65.5 Å². The molecule has 0 heteroatoms. The normalized spacial score (nSPS) is 17.5. The van der Waals surface area contributed by atoms with E-state index < -0.39 is 0 Å². The maximum atomic E-state index is 2.53. The smallest absolute Gasteiger partial charge is 0.00805 e. The van der Waals surface area contributed by atoms with E-state index in [0.29, 0.717) is 5.92 Å². The number of rotatable bonds is 4. The largest absolute Gasteiger partial charge is 0.0654 e. The molecule has 3 aromatic rings. The summed E-state index contributed by atoms with van der Waals surface area (Å²) in [5.41, 5.74) is 12.2. The lowest BCUT2D eigenvalue weighted by Crippen LogP contribution is -2.06. The van der Waals surface area contributed by atoms with Crippen molar-refractivity contribution in [2.45, 2.75) is 64.2 Å². The van der Waals surface area contributed by atoms with Gasteiger partial charge in [-0.05, 0) is 95.4 Å². The molecule has 0 aliphatic heterocycles. The summed E-state index contributed by atoms with van der Waals surface area (Å²) in [6.45, 7) is 2.28. The van der Waals surface area contributed by atoms with Gasteiger partial charge in [0.1, 0.15) is 0 Å². The van der Waals surface area contributed by atoms with Gasteiger partial charge in [0.25, 0.3) is 0 Å². The van der Waals surface area contributed by atoms with Crippen LogP contribution in [-0.4, -0.2) is 0 Å². The molecule has 0 radical (unpaired) electrons. The molecule has 1 unspecified atom stereocenters. The Morgan fingerprint density at radius 2 is 1.57 bits per heavy atom. The van der Waals surface area contributed by atoms with E-state index >= 15 is 0 Å². The first-order valence-corrected chi connectivity index (χ1v) is 11.1. The Labute approximate surface area is 169 Å². The molecule has 1 atom stereocenters. The van der Waals surface area contributed by atoms with Crippen LogP contribution in [0.3, 0.4) is 0 Å². The highest BCUT2D eigenvalue weighted by molar-refractivity contribution is 5.72. The van der Waals surface area contributed by atoms with Crippen LogP contribution >= 0.6 is 0 Å². The Bertz CT molecular complexity index is 995. The monoisotopic (exact) mass is 366 g/mol. The minimum absolute atomic E-state index is 0.578. The number of hydrogen-bond donors (Lipinski definition) is 0. The molecule has 2 aliphatic rings. The maximum absolute atomic E-state index is 2.53. The van der Waals surface area contributed by atoms with Crippen molar-refractivity contribution in [2.24, 2.45) is 0 Å². The van der Waals surface area contributed by atoms with Crippen molar-refractivity contribution in [3.05, 3.63) is 94.0 Å². The third-order valence-corrected chi connectivity index (χ3v) is 6.82. The average molecular weight is 367 g/mol. The van der Waals surface area contributed by atoms with Crippen LogP contribution in [-0.2, 0) is 32.1 Å². The van der Waals surface area contributed by atoms with E-state index in [1.807, 2.05) is 0 Å². The van der Waals surface area contributed by atoms with Crippen molar-refractivity contribution in [1.29, 1.82) is 0 Å². The van der Waals surface area contributed by atoms with Gasteiger partial charge >= 0.3 is 0 Å². The Balaban J connectivity index is 1.57. The van der Waals surface area contributed by atoms with Crippen molar-refractivity contribution >= 4 is 0 Å². The summed E-state index contributed by atoms with van der Waals surface area (Å²) in [6.07, 6.45) is 9.92. The number of benzene rings is 3. The molecule has 0 fully saturated rings. The van der Waals surface area contributed by atoms with E-state index in [9.17, 15) is 0 Å². The Morgan fingerprint density at radius 3 is 2.50 bits per heavy atom. The summed E-state index contributed by atoms with van der Waals surface area (Å²) in [7, 11) is 0. The SMILES string of the molecule is CCCCc1ccc2c(c1)CC(c1ccc3c(c1)CCC3)Cc1ccccc1-2. The van der Waals surface area contributed by atoms with E-state index in [-0.39, 0.29) is 0 Å². The first-order valence-electron chi connectivity index (χ1n) is 11.1. The summed E-state index contributed by atoms with van der Waals surface area (Å²) in [6, 6.07) is 23.7. The molecular weight excluding hydrogens is 336 g/mol. The second-order valence-corrected chi connectivity index (χ2v) is 8.74. The molecule has 5 rings (SSSR count). The van der Waals surface area contributed by atoms with E-state index in [2.05, 4.69) is 67.6 Å². The molecular formula is C28H30. The highest BCUT2D eigenvalue weighted by atomic mass is 14.3. The van der Waals surface area contributed by atoms with E-state index in [0.717, 1.165) is 12.8 Å². The van der Waals surface area contributed by atoms with Crippen LogP contribution < -0.4 is 0 Å². The van der Waals surface area contributed by atoms with Crippen molar-refractivity contribution in [2.75, 3.05) is 0 Å². The van der Waals surface area contributed by atoms with Gasteiger partial charge in [-0.25, -0.2) is 0 Å². The zero-order valence-electron chi connectivity index (χ0n) is 17.0. The van der Waals surface area contributed by atoms with Gasteiger partial charge in [0.05, 0.1) is 0 Å². The van der Waals surface area contributed by atoms with Gasteiger partial charge in [-0.3, -0.25) is 0 Å². The first-order chi connectivity index (χ1) is 13.8. The van der Waals surface area contributed by atoms with Gasteiger partial charge < -0.3 is 0 Å². The zero-order valence-corrected chi connectivity index (χ0v) is 17.0. The van der Waals surface area contributed by atoms with E-state index in [1.54, 1.807) is 22.3 Å². The topological polar surface area (TPSA) is 0 Å². The number of hydrogen-bond acceptors (Lipinski definition) is 0. The van der Waals surface area contributed by atoms with Gasteiger partial charge in [-0.2, -0.15) is 0 Å². The number of unbranched alkanes of at least 4 members (excludes halogenated alkanes) is 1. The Morgan fingerprint density at radius 1 is 0.750 bits per heavy atom. The van der Waals surface area contributed by atoms with Crippen LogP contribution in [0.15, 0.2) is 60.7 Å². The van der Waals surface area contributed by atoms with Crippen LogP contribution in [0.4, 0.5) is 0 Å². The summed E-state index contributed by atoms with van der Waals surface area (Å²) >= 11 is 0. The molecule has 142 valence electrons. The van der Waals surface area contributed by atoms with Gasteiger partial charge in [-0.15, -0.1) is 0 Å². The number of fused-ring (bicyclic) bond motifs is 4. The van der Waals surface area contributed by atoms with E-state index in [1.165, 1.54) is 60.8 Å². The summed E-state index contributed by atoms with van der Waals surface area (Å²) < 4.78 is 0. The fraction of sp³-hybridized carbons (Fsp3) is 0.357. The van der Waals surface area contributed by atoms with Crippen LogP contribution in [0.2, 0.25) is 0 Å². The third-order valence-electron chi connectivity index (χ3n) is 6.82. The Kier molecular flexibility index (Phi) is 4.81. The zero-order chi connectivity index (χ0) is 18.9. The van der Waals surface area contributed by atoms with Crippen molar-refractivity contribution in [3.8, 4) is 11.1 Å². The molecule has 0 amide bonds. The molecule has 0 saturated carbocycles. The van der Waals surface area contributed by atoms with Gasteiger partial charge in [-0.1, -0.05) is 74.0 Å². The second-order valence-electron chi connectivity index (χ2n) is 8.74. The van der Waals surface area contributed by atoms with Gasteiger partial charge in [0, 0.05) is 0 Å². The first kappa shape index (κ1) is 17.7. The average Bonchev–Trinajstić information content (AvgIpc) is 3.13. The maximum Gasteiger partial charge on any atom is -0.00805 e. The number of aryl methyl sites for hydroxylation is 3. The lowest BCUT2D eigenvalue weighted by molar-refractivity contribution is 0.686. The minimum Gasteiger partial charge on any atom is -0.0654 e. The minimum atomic E-state index is 0.578. The summed E-state index contributed by atoms with van der Waals surface area (Å²) in [5, 5.41) is 0. The van der Waals surface area contributed by atoms with Crippen LogP contribution in [0.5, 0.6) is 0 Å². The molecule has 0 aromatic heterocycles. The highest BCUT2D eigenvalue weighted by Gasteiger charge is 2.23. The predicted molar refractivity (Wildman–Crippen MR) is 119 cm³/mol. The summed E-state index contributed by atoms with van der Waals surface area (Å²) in [5.74, 6) is 0.578. The van der Waals surface area contributed by atoms with Crippen LogP contribution in [0.25, 0.3) is 11.1 Å². The van der Waals surface area contributed by atoms with Crippen molar-refractivity contribution in [1.82, 2.24) is 0 Å². The predicted octanol–water partition coefficient (Wildman–Crippen LogP) is 7.07. The third kappa shape index (κ3) is 3.30.